The van der Waals surface area contributed by atoms with E-state index in [1.807, 2.05) is 0 Å². The van der Waals surface area contributed by atoms with E-state index >= 15 is 0 Å². The number of rotatable bonds is 6. The molecule has 0 bridgehead atoms. The zero-order valence-corrected chi connectivity index (χ0v) is 11.2. The van der Waals surface area contributed by atoms with Crippen LogP contribution in [0, 0.1) is 0 Å². The number of oxazole rings is 1. The molecule has 0 spiro atoms. The van der Waals surface area contributed by atoms with Crippen LogP contribution in [0.5, 0.6) is 0 Å². The van der Waals surface area contributed by atoms with Crippen LogP contribution in [0.1, 0.15) is 19.8 Å². The minimum absolute atomic E-state index is 0.211. The maximum absolute atomic E-state index is 11.2. The van der Waals surface area contributed by atoms with Gasteiger partial charge in [0.2, 0.25) is 0 Å². The molecular weight excluding hydrogens is 262 g/mol. The van der Waals surface area contributed by atoms with Crippen LogP contribution in [-0.4, -0.2) is 24.1 Å². The first-order valence-electron chi connectivity index (χ1n) is 6.42. The molecule has 1 aromatic heterocycles. The van der Waals surface area contributed by atoms with Crippen molar-refractivity contribution in [1.82, 2.24) is 4.98 Å². The average Bonchev–Trinajstić information content (AvgIpc) is 2.74. The van der Waals surface area contributed by atoms with Gasteiger partial charge < -0.3 is 20.2 Å². The molecule has 0 amide bonds. The summed E-state index contributed by atoms with van der Waals surface area (Å²) in [5.74, 6) is -0.726. The second kappa shape index (κ2) is 6.14. The van der Waals surface area contributed by atoms with Crippen LogP contribution >= 0.6 is 0 Å². The minimum atomic E-state index is -0.515. The van der Waals surface area contributed by atoms with E-state index < -0.39 is 5.76 Å². The number of hydrogen-bond donors (Lipinski definition) is 3. The van der Waals surface area contributed by atoms with Crippen molar-refractivity contribution in [2.24, 2.45) is 0 Å². The van der Waals surface area contributed by atoms with E-state index in [4.69, 9.17) is 14.9 Å². The van der Waals surface area contributed by atoms with Gasteiger partial charge in [-0.15, -0.1) is 0 Å². The Bertz CT molecular complexity index is 659. The molecule has 1 heterocycles. The Morgan fingerprint density at radius 1 is 1.50 bits per heavy atom. The lowest BCUT2D eigenvalue weighted by Crippen LogP contribution is -2.09. The van der Waals surface area contributed by atoms with Gasteiger partial charge in [-0.05, 0) is 19.4 Å². The van der Waals surface area contributed by atoms with Gasteiger partial charge in [-0.2, -0.15) is 0 Å². The van der Waals surface area contributed by atoms with Crippen LogP contribution in [0.4, 0.5) is 11.4 Å². The van der Waals surface area contributed by atoms with Crippen molar-refractivity contribution < 1.29 is 13.9 Å². The van der Waals surface area contributed by atoms with Crippen LogP contribution in [0.2, 0.25) is 0 Å². The second-order valence-electron chi connectivity index (χ2n) is 4.29. The van der Waals surface area contributed by atoms with Crippen molar-refractivity contribution >= 4 is 28.4 Å². The van der Waals surface area contributed by atoms with Crippen LogP contribution < -0.4 is 16.8 Å². The number of aromatic nitrogens is 1. The normalized spacial score (nSPS) is 10.7. The number of benzene rings is 1. The number of esters is 1. The zero-order valence-electron chi connectivity index (χ0n) is 11.2. The summed E-state index contributed by atoms with van der Waals surface area (Å²) in [6.07, 6.45) is 0.990. The van der Waals surface area contributed by atoms with Gasteiger partial charge in [0, 0.05) is 19.0 Å². The number of nitrogen functional groups attached to an aromatic ring is 1. The molecule has 0 aliphatic rings. The van der Waals surface area contributed by atoms with Gasteiger partial charge in [-0.25, -0.2) is 4.79 Å². The van der Waals surface area contributed by atoms with E-state index in [1.165, 1.54) is 0 Å². The number of nitrogens with two attached hydrogens (primary N) is 1. The highest BCUT2D eigenvalue weighted by molar-refractivity contribution is 5.85. The Labute approximate surface area is 115 Å². The monoisotopic (exact) mass is 279 g/mol. The largest absolute Gasteiger partial charge is 0.466 e. The summed E-state index contributed by atoms with van der Waals surface area (Å²) in [6, 6.07) is 3.29. The van der Waals surface area contributed by atoms with Gasteiger partial charge in [0.25, 0.3) is 0 Å². The predicted octanol–water partition coefficient (Wildman–Crippen LogP) is 1.46. The first kappa shape index (κ1) is 14.0. The van der Waals surface area contributed by atoms with E-state index in [0.717, 1.165) is 0 Å². The summed E-state index contributed by atoms with van der Waals surface area (Å²) >= 11 is 0. The molecule has 0 fully saturated rings. The third kappa shape index (κ3) is 3.31. The van der Waals surface area contributed by atoms with Crippen LogP contribution in [0.3, 0.4) is 0 Å². The van der Waals surface area contributed by atoms with E-state index in [2.05, 4.69) is 10.3 Å². The fraction of sp³-hybridized carbons (Fsp3) is 0.385. The van der Waals surface area contributed by atoms with Gasteiger partial charge >= 0.3 is 11.7 Å². The van der Waals surface area contributed by atoms with Crippen molar-refractivity contribution in [3.8, 4) is 0 Å². The molecule has 0 atom stereocenters. The first-order chi connectivity index (χ1) is 9.60. The molecule has 1 aromatic carbocycles. The van der Waals surface area contributed by atoms with Crippen molar-refractivity contribution in [2.75, 3.05) is 24.2 Å². The van der Waals surface area contributed by atoms with E-state index in [1.54, 1.807) is 19.1 Å². The molecule has 7 heteroatoms. The summed E-state index contributed by atoms with van der Waals surface area (Å²) in [5.41, 5.74) is 8.03. The number of ether oxygens (including phenoxy) is 1. The fourth-order valence-electron chi connectivity index (χ4n) is 1.86. The Kier molecular flexibility index (Phi) is 4.29. The van der Waals surface area contributed by atoms with Crippen molar-refractivity contribution in [1.29, 1.82) is 0 Å². The summed E-state index contributed by atoms with van der Waals surface area (Å²) in [6.45, 7) is 2.75. The van der Waals surface area contributed by atoms with Crippen molar-refractivity contribution in [3.05, 3.63) is 22.7 Å². The summed E-state index contributed by atoms with van der Waals surface area (Å²) in [5, 5.41) is 3.12. The Hall–Kier alpha value is -2.44. The lowest BCUT2D eigenvalue weighted by molar-refractivity contribution is -0.143. The second-order valence-corrected chi connectivity index (χ2v) is 4.29. The van der Waals surface area contributed by atoms with Gasteiger partial charge in [0.1, 0.15) is 0 Å². The molecule has 0 aliphatic heterocycles. The summed E-state index contributed by atoms with van der Waals surface area (Å²) < 4.78 is 9.74. The number of anilines is 2. The lowest BCUT2D eigenvalue weighted by Gasteiger charge is -2.08. The van der Waals surface area contributed by atoms with Crippen LogP contribution in [-0.2, 0) is 9.53 Å². The molecule has 0 unspecified atom stereocenters. The smallest absolute Gasteiger partial charge is 0.417 e. The molecule has 2 rings (SSSR count). The molecule has 0 saturated carbocycles. The quantitative estimate of drug-likeness (QED) is 0.419. The van der Waals surface area contributed by atoms with Crippen LogP contribution in [0.15, 0.2) is 21.3 Å². The van der Waals surface area contributed by atoms with Crippen molar-refractivity contribution in [2.45, 2.75) is 19.8 Å². The molecule has 0 radical (unpaired) electrons. The van der Waals surface area contributed by atoms with E-state index in [-0.39, 0.29) is 5.97 Å². The Morgan fingerprint density at radius 2 is 2.30 bits per heavy atom. The zero-order chi connectivity index (χ0) is 14.5. The molecule has 7 nitrogen and oxygen atoms in total. The molecule has 2 aromatic rings. The molecule has 0 saturated heterocycles. The lowest BCUT2D eigenvalue weighted by atomic mass is 10.2. The highest BCUT2D eigenvalue weighted by atomic mass is 16.5. The molecular formula is C13H17N3O4. The number of aromatic amines is 1. The van der Waals surface area contributed by atoms with Crippen molar-refractivity contribution in [3.63, 3.8) is 0 Å². The van der Waals surface area contributed by atoms with Gasteiger partial charge in [-0.3, -0.25) is 9.78 Å². The number of carbonyl (C=O) groups is 1. The summed E-state index contributed by atoms with van der Waals surface area (Å²) in [4.78, 5) is 24.8. The molecule has 4 N–H and O–H groups in total. The number of H-pyrrole nitrogens is 1. The first-order valence-corrected chi connectivity index (χ1v) is 6.42. The fourth-order valence-corrected chi connectivity index (χ4v) is 1.86. The number of hydrogen-bond acceptors (Lipinski definition) is 6. The molecule has 0 aliphatic carbocycles. The highest BCUT2D eigenvalue weighted by Gasteiger charge is 2.07. The third-order valence-corrected chi connectivity index (χ3v) is 2.77. The Morgan fingerprint density at radius 3 is 3.05 bits per heavy atom. The minimum Gasteiger partial charge on any atom is -0.466 e. The molecule has 108 valence electrons. The SMILES string of the molecule is CCOC(=O)CCCNc1cc2[nH]c(=O)oc2cc1N. The van der Waals surface area contributed by atoms with Crippen LogP contribution in [0.25, 0.3) is 11.1 Å². The van der Waals surface area contributed by atoms with Gasteiger partial charge in [-0.1, -0.05) is 0 Å². The van der Waals surface area contributed by atoms with Gasteiger partial charge in [0.05, 0.1) is 23.5 Å². The number of nitrogens with one attached hydrogen (secondary N) is 2. The standard InChI is InChI=1S/C13H17N3O4/c1-2-19-12(17)4-3-5-15-9-7-10-11(6-8(9)14)20-13(18)16-10/h6-7,15H,2-5,14H2,1H3,(H,16,18). The van der Waals surface area contributed by atoms with Gasteiger partial charge in [0.15, 0.2) is 5.58 Å². The summed E-state index contributed by atoms with van der Waals surface area (Å²) in [7, 11) is 0. The number of fused-ring (bicyclic) bond motifs is 1. The van der Waals surface area contributed by atoms with E-state index in [9.17, 15) is 9.59 Å². The molecule has 20 heavy (non-hydrogen) atoms. The van der Waals surface area contributed by atoms with E-state index in [0.29, 0.717) is 48.5 Å². The maximum atomic E-state index is 11.2. The highest BCUT2D eigenvalue weighted by Crippen LogP contribution is 2.24. The average molecular weight is 279 g/mol. The Balaban J connectivity index is 1.94. The maximum Gasteiger partial charge on any atom is 0.417 e. The third-order valence-electron chi connectivity index (χ3n) is 2.77. The predicted molar refractivity (Wildman–Crippen MR) is 75.6 cm³/mol. The topological polar surface area (TPSA) is 110 Å². The number of carbonyl (C=O) groups excluding carboxylic acids is 1.